The Morgan fingerprint density at radius 2 is 1.68 bits per heavy atom. The minimum absolute atomic E-state index is 0.00315. The van der Waals surface area contributed by atoms with Crippen molar-refractivity contribution in [2.24, 2.45) is 11.5 Å². The Hall–Kier alpha value is -4.20. The normalized spacial score (nSPS) is 17.3. The van der Waals surface area contributed by atoms with Gasteiger partial charge in [-0.25, -0.2) is 4.79 Å². The fourth-order valence-corrected chi connectivity index (χ4v) is 3.92. The quantitative estimate of drug-likeness (QED) is 0.151. The molecular weight excluding hydrogens is 490 g/mol. The van der Waals surface area contributed by atoms with Gasteiger partial charge in [0, 0.05) is 19.4 Å². The van der Waals surface area contributed by atoms with Gasteiger partial charge in [-0.05, 0) is 37.0 Å². The van der Waals surface area contributed by atoms with Gasteiger partial charge < -0.3 is 42.3 Å². The summed E-state index contributed by atoms with van der Waals surface area (Å²) in [4.78, 5) is 73.7. The van der Waals surface area contributed by atoms with Crippen LogP contribution in [0.1, 0.15) is 37.7 Å². The Balaban J connectivity index is 2.11. The summed E-state index contributed by atoms with van der Waals surface area (Å²) in [6.45, 7) is 0.0896. The molecule has 2 rings (SSSR count). The first-order chi connectivity index (χ1) is 17.4. The van der Waals surface area contributed by atoms with Gasteiger partial charge in [0.05, 0.1) is 12.5 Å². The van der Waals surface area contributed by atoms with Crippen LogP contribution in [0, 0.1) is 0 Å². The van der Waals surface area contributed by atoms with Gasteiger partial charge in [-0.15, -0.1) is 0 Å². The van der Waals surface area contributed by atoms with E-state index in [1.807, 2.05) is 0 Å². The third-order valence-electron chi connectivity index (χ3n) is 5.86. The summed E-state index contributed by atoms with van der Waals surface area (Å²) in [5, 5.41) is 32.9. The van der Waals surface area contributed by atoms with Crippen molar-refractivity contribution >= 4 is 35.6 Å². The summed E-state index contributed by atoms with van der Waals surface area (Å²) >= 11 is 0. The smallest absolute Gasteiger partial charge is 0.326 e. The van der Waals surface area contributed by atoms with E-state index in [9.17, 15) is 44.1 Å². The molecule has 1 aromatic carbocycles. The average Bonchev–Trinajstić information content (AvgIpc) is 3.32. The lowest BCUT2D eigenvalue weighted by atomic mass is 10.0. The maximum Gasteiger partial charge on any atom is 0.326 e. The molecule has 0 saturated carbocycles. The van der Waals surface area contributed by atoms with E-state index in [1.54, 1.807) is 0 Å². The number of nitrogens with one attached hydrogen (secondary N) is 2. The molecule has 202 valence electrons. The van der Waals surface area contributed by atoms with Crippen molar-refractivity contribution in [2.75, 3.05) is 6.54 Å². The maximum atomic E-state index is 13.2. The standard InChI is InChI=1S/C23H31N5O9/c24-14(7-8-18(25)30)20(33)26-15(11-19(31)32)22(35)28-9-1-2-17(28)21(34)27-16(23(36)37)10-12-3-5-13(29)6-4-12/h3-6,14-17,29H,1-2,7-11,24H2,(H2,25,30)(H,26,33)(H,27,34)(H,31,32)(H,36,37). The molecule has 0 bridgehead atoms. The Morgan fingerprint density at radius 3 is 2.24 bits per heavy atom. The van der Waals surface area contributed by atoms with Crippen LogP contribution >= 0.6 is 0 Å². The fraction of sp³-hybridized carbons (Fsp3) is 0.478. The number of carbonyl (C=O) groups excluding carboxylic acids is 4. The lowest BCUT2D eigenvalue weighted by Crippen LogP contribution is -2.57. The van der Waals surface area contributed by atoms with Crippen molar-refractivity contribution < 1.29 is 44.1 Å². The Bertz CT molecular complexity index is 1030. The molecule has 1 aromatic rings. The minimum atomic E-state index is -1.54. The first-order valence-corrected chi connectivity index (χ1v) is 11.6. The summed E-state index contributed by atoms with van der Waals surface area (Å²) < 4.78 is 0. The fourth-order valence-electron chi connectivity index (χ4n) is 3.92. The molecule has 0 aromatic heterocycles. The largest absolute Gasteiger partial charge is 0.508 e. The number of primary amides is 1. The van der Waals surface area contributed by atoms with Crippen molar-refractivity contribution in [1.29, 1.82) is 0 Å². The second kappa shape index (κ2) is 13.2. The SMILES string of the molecule is NC(=O)CCC(N)C(=O)NC(CC(=O)O)C(=O)N1CCCC1C(=O)NC(Cc1ccc(O)cc1)C(=O)O. The molecule has 0 aliphatic carbocycles. The first kappa shape index (κ1) is 29.0. The number of carboxylic acid groups (broad SMARTS) is 2. The highest BCUT2D eigenvalue weighted by molar-refractivity contribution is 5.96. The predicted octanol–water partition coefficient (Wildman–Crippen LogP) is -1.95. The molecule has 1 heterocycles. The van der Waals surface area contributed by atoms with Gasteiger partial charge in [-0.2, -0.15) is 0 Å². The van der Waals surface area contributed by atoms with Crippen LogP contribution in [0.4, 0.5) is 0 Å². The molecule has 1 aliphatic rings. The van der Waals surface area contributed by atoms with Gasteiger partial charge in [-0.1, -0.05) is 12.1 Å². The zero-order valence-corrected chi connectivity index (χ0v) is 20.0. The number of hydrogen-bond acceptors (Lipinski definition) is 8. The van der Waals surface area contributed by atoms with Crippen LogP contribution in [0.5, 0.6) is 5.75 Å². The summed E-state index contributed by atoms with van der Waals surface area (Å²) in [5.74, 6) is -5.81. The van der Waals surface area contributed by atoms with Gasteiger partial charge >= 0.3 is 11.9 Å². The Morgan fingerprint density at radius 1 is 1.03 bits per heavy atom. The summed E-state index contributed by atoms with van der Waals surface area (Å²) in [7, 11) is 0. The van der Waals surface area contributed by atoms with Crippen LogP contribution in [0.25, 0.3) is 0 Å². The highest BCUT2D eigenvalue weighted by Crippen LogP contribution is 2.20. The van der Waals surface area contributed by atoms with Gasteiger partial charge in [0.25, 0.3) is 0 Å². The van der Waals surface area contributed by atoms with Crippen LogP contribution in [-0.2, 0) is 35.2 Å². The monoisotopic (exact) mass is 521 g/mol. The number of benzene rings is 1. The number of nitrogens with two attached hydrogens (primary N) is 2. The third kappa shape index (κ3) is 8.75. The number of aromatic hydroxyl groups is 1. The lowest BCUT2D eigenvalue weighted by molar-refractivity contribution is -0.147. The number of rotatable bonds is 13. The van der Waals surface area contributed by atoms with Crippen LogP contribution in [-0.4, -0.2) is 86.5 Å². The number of likely N-dealkylation sites (tertiary alicyclic amines) is 1. The molecule has 14 heteroatoms. The molecule has 14 nitrogen and oxygen atoms in total. The molecule has 0 spiro atoms. The highest BCUT2D eigenvalue weighted by Gasteiger charge is 2.39. The molecular formula is C23H31N5O9. The molecule has 37 heavy (non-hydrogen) atoms. The second-order valence-corrected chi connectivity index (χ2v) is 8.73. The summed E-state index contributed by atoms with van der Waals surface area (Å²) in [6, 6.07) is 0.620. The van der Waals surface area contributed by atoms with E-state index in [0.29, 0.717) is 12.0 Å². The van der Waals surface area contributed by atoms with E-state index in [1.165, 1.54) is 24.3 Å². The van der Waals surface area contributed by atoms with E-state index >= 15 is 0 Å². The maximum absolute atomic E-state index is 13.2. The first-order valence-electron chi connectivity index (χ1n) is 11.6. The van der Waals surface area contributed by atoms with Crippen LogP contribution < -0.4 is 22.1 Å². The van der Waals surface area contributed by atoms with E-state index in [4.69, 9.17) is 11.5 Å². The van der Waals surface area contributed by atoms with Crippen LogP contribution in [0.3, 0.4) is 0 Å². The van der Waals surface area contributed by atoms with Crippen molar-refractivity contribution in [1.82, 2.24) is 15.5 Å². The molecule has 4 unspecified atom stereocenters. The van der Waals surface area contributed by atoms with E-state index in [0.717, 1.165) is 4.90 Å². The van der Waals surface area contributed by atoms with E-state index in [-0.39, 0.29) is 38.0 Å². The molecule has 0 radical (unpaired) electrons. The summed E-state index contributed by atoms with van der Waals surface area (Å²) in [6.07, 6.45) is -0.559. The van der Waals surface area contributed by atoms with Crippen molar-refractivity contribution in [2.45, 2.75) is 62.7 Å². The Labute approximate surface area is 212 Å². The van der Waals surface area contributed by atoms with E-state index in [2.05, 4.69) is 10.6 Å². The average molecular weight is 522 g/mol. The minimum Gasteiger partial charge on any atom is -0.508 e. The third-order valence-corrected chi connectivity index (χ3v) is 5.86. The number of hydrogen-bond donors (Lipinski definition) is 7. The topological polar surface area (TPSA) is 242 Å². The number of phenols is 1. The molecule has 4 amide bonds. The zero-order chi connectivity index (χ0) is 27.7. The highest BCUT2D eigenvalue weighted by atomic mass is 16.4. The lowest BCUT2D eigenvalue weighted by Gasteiger charge is -2.29. The predicted molar refractivity (Wildman–Crippen MR) is 127 cm³/mol. The summed E-state index contributed by atoms with van der Waals surface area (Å²) in [5.41, 5.74) is 11.3. The zero-order valence-electron chi connectivity index (χ0n) is 20.0. The van der Waals surface area contributed by atoms with Crippen molar-refractivity contribution in [3.63, 3.8) is 0 Å². The van der Waals surface area contributed by atoms with E-state index < -0.39 is 66.2 Å². The van der Waals surface area contributed by atoms with Gasteiger partial charge in [-0.3, -0.25) is 24.0 Å². The number of nitrogens with zero attached hydrogens (tertiary/aromatic N) is 1. The van der Waals surface area contributed by atoms with Crippen LogP contribution in [0.2, 0.25) is 0 Å². The van der Waals surface area contributed by atoms with Gasteiger partial charge in [0.2, 0.25) is 23.6 Å². The number of amides is 4. The van der Waals surface area contributed by atoms with Crippen LogP contribution in [0.15, 0.2) is 24.3 Å². The number of phenolic OH excluding ortho intramolecular Hbond substituents is 1. The molecule has 1 aliphatic heterocycles. The van der Waals surface area contributed by atoms with Gasteiger partial charge in [0.15, 0.2) is 0 Å². The number of aliphatic carboxylic acids is 2. The molecule has 1 fully saturated rings. The Kier molecular flexibility index (Phi) is 10.4. The number of carboxylic acids is 2. The molecule has 9 N–H and O–H groups in total. The molecule has 1 saturated heterocycles. The molecule has 4 atom stereocenters. The van der Waals surface area contributed by atoms with Crippen molar-refractivity contribution in [3.05, 3.63) is 29.8 Å². The second-order valence-electron chi connectivity index (χ2n) is 8.73. The van der Waals surface area contributed by atoms with Gasteiger partial charge in [0.1, 0.15) is 23.9 Å². The van der Waals surface area contributed by atoms with Crippen molar-refractivity contribution in [3.8, 4) is 5.75 Å². The number of carbonyl (C=O) groups is 6.